The molecule has 5 nitrogen and oxygen atoms in total. The van der Waals surface area contributed by atoms with Gasteiger partial charge in [-0.1, -0.05) is 28.4 Å². The van der Waals surface area contributed by atoms with Crippen LogP contribution in [-0.2, 0) is 11.3 Å². The van der Waals surface area contributed by atoms with Gasteiger partial charge in [-0.3, -0.25) is 0 Å². The summed E-state index contributed by atoms with van der Waals surface area (Å²) in [6, 6.07) is 10.3. The van der Waals surface area contributed by atoms with E-state index in [1.54, 1.807) is 24.3 Å². The Bertz CT molecular complexity index is 881. The number of aromatic nitrogens is 2. The van der Waals surface area contributed by atoms with E-state index in [0.717, 1.165) is 12.1 Å². The number of esters is 1. The highest BCUT2D eigenvalue weighted by molar-refractivity contribution is 6.33. The van der Waals surface area contributed by atoms with E-state index < -0.39 is 11.8 Å². The third kappa shape index (κ3) is 3.72. The van der Waals surface area contributed by atoms with Gasteiger partial charge in [0.2, 0.25) is 5.82 Å². The van der Waals surface area contributed by atoms with Crippen molar-refractivity contribution in [1.29, 1.82) is 0 Å². The van der Waals surface area contributed by atoms with Crippen molar-refractivity contribution in [2.24, 2.45) is 0 Å². The predicted molar refractivity (Wildman–Crippen MR) is 85.3 cm³/mol. The van der Waals surface area contributed by atoms with Gasteiger partial charge in [0.1, 0.15) is 5.82 Å². The Hall–Kier alpha value is -2.44. The zero-order chi connectivity index (χ0) is 17.1. The average Bonchev–Trinajstić information content (AvgIpc) is 3.02. The van der Waals surface area contributed by atoms with Gasteiger partial charge < -0.3 is 9.26 Å². The van der Waals surface area contributed by atoms with Crippen LogP contribution in [-0.4, -0.2) is 16.1 Å². The molecular weight excluding hydrogens is 358 g/mol. The van der Waals surface area contributed by atoms with Crippen LogP contribution in [0.3, 0.4) is 0 Å². The molecule has 0 fully saturated rings. The van der Waals surface area contributed by atoms with E-state index in [4.69, 9.17) is 32.5 Å². The molecule has 24 heavy (non-hydrogen) atoms. The lowest BCUT2D eigenvalue weighted by molar-refractivity contribution is 0.0430. The molecule has 0 amide bonds. The van der Waals surface area contributed by atoms with Crippen molar-refractivity contribution in [1.82, 2.24) is 10.1 Å². The maximum atomic E-state index is 13.0. The molecule has 0 atom stereocenters. The van der Waals surface area contributed by atoms with Gasteiger partial charge in [0, 0.05) is 10.6 Å². The van der Waals surface area contributed by atoms with E-state index in [1.807, 2.05) is 0 Å². The molecular formula is C16H9Cl2FN2O3. The molecule has 0 saturated carbocycles. The lowest BCUT2D eigenvalue weighted by Crippen LogP contribution is -2.06. The zero-order valence-electron chi connectivity index (χ0n) is 12.0. The van der Waals surface area contributed by atoms with E-state index in [1.165, 1.54) is 6.07 Å². The largest absolute Gasteiger partial charge is 0.452 e. The molecule has 0 bridgehead atoms. The lowest BCUT2D eigenvalue weighted by atomic mass is 10.2. The van der Waals surface area contributed by atoms with Gasteiger partial charge in [-0.2, -0.15) is 4.98 Å². The first-order valence-corrected chi connectivity index (χ1v) is 7.49. The smallest absolute Gasteiger partial charge is 0.340 e. The molecule has 3 rings (SSSR count). The number of hydrogen-bond donors (Lipinski definition) is 0. The van der Waals surface area contributed by atoms with Crippen LogP contribution in [0.15, 0.2) is 47.0 Å². The number of carbonyl (C=O) groups excluding carboxylic acids is 1. The van der Waals surface area contributed by atoms with Gasteiger partial charge in [-0.25, -0.2) is 9.18 Å². The number of halogens is 3. The van der Waals surface area contributed by atoms with Crippen molar-refractivity contribution in [2.75, 3.05) is 0 Å². The topological polar surface area (TPSA) is 65.2 Å². The first-order chi connectivity index (χ1) is 11.5. The van der Waals surface area contributed by atoms with Crippen LogP contribution < -0.4 is 0 Å². The molecule has 0 spiro atoms. The highest BCUT2D eigenvalue weighted by Crippen LogP contribution is 2.20. The summed E-state index contributed by atoms with van der Waals surface area (Å²) in [6.45, 7) is -0.229. The van der Waals surface area contributed by atoms with E-state index in [-0.39, 0.29) is 23.1 Å². The fraction of sp³-hybridized carbons (Fsp3) is 0.0625. The van der Waals surface area contributed by atoms with Crippen LogP contribution in [0, 0.1) is 5.82 Å². The first-order valence-electron chi connectivity index (χ1n) is 6.73. The summed E-state index contributed by atoms with van der Waals surface area (Å²) in [6.07, 6.45) is 0. The Kier molecular flexibility index (Phi) is 4.78. The van der Waals surface area contributed by atoms with E-state index in [2.05, 4.69) is 10.1 Å². The van der Waals surface area contributed by atoms with Crippen molar-refractivity contribution in [3.8, 4) is 11.4 Å². The van der Waals surface area contributed by atoms with Crippen molar-refractivity contribution in [2.45, 2.75) is 6.61 Å². The van der Waals surface area contributed by atoms with Gasteiger partial charge in [-0.15, -0.1) is 0 Å². The molecule has 122 valence electrons. The molecule has 3 aromatic rings. The molecule has 0 N–H and O–H groups in total. The molecule has 0 unspecified atom stereocenters. The fourth-order valence-electron chi connectivity index (χ4n) is 1.89. The van der Waals surface area contributed by atoms with Gasteiger partial charge >= 0.3 is 5.97 Å². The van der Waals surface area contributed by atoms with E-state index >= 15 is 0 Å². The number of ether oxygens (including phenoxy) is 1. The van der Waals surface area contributed by atoms with Crippen molar-refractivity contribution in [3.63, 3.8) is 0 Å². The van der Waals surface area contributed by atoms with Crippen LogP contribution in [0.2, 0.25) is 10.0 Å². The standard InChI is InChI=1S/C16H9Cl2FN2O3/c17-10-3-1-9(2-4-10)15-20-14(24-21-15)8-23-16(22)12-6-5-11(19)7-13(12)18/h1-7H,8H2. The van der Waals surface area contributed by atoms with Gasteiger partial charge in [0.15, 0.2) is 6.61 Å². The normalized spacial score (nSPS) is 10.6. The lowest BCUT2D eigenvalue weighted by Gasteiger charge is -2.03. The third-order valence-corrected chi connectivity index (χ3v) is 3.61. The number of nitrogens with zero attached hydrogens (tertiary/aromatic N) is 2. The van der Waals surface area contributed by atoms with Gasteiger partial charge in [-0.05, 0) is 42.5 Å². The predicted octanol–water partition coefficient (Wildman–Crippen LogP) is 4.54. The van der Waals surface area contributed by atoms with Crippen LogP contribution in [0.25, 0.3) is 11.4 Å². The highest BCUT2D eigenvalue weighted by atomic mass is 35.5. The minimum atomic E-state index is -0.716. The van der Waals surface area contributed by atoms with Crippen LogP contribution in [0.5, 0.6) is 0 Å². The molecule has 0 aliphatic rings. The Morgan fingerprint density at radius 2 is 1.92 bits per heavy atom. The summed E-state index contributed by atoms with van der Waals surface area (Å²) in [7, 11) is 0. The first kappa shape index (κ1) is 16.4. The summed E-state index contributed by atoms with van der Waals surface area (Å²) in [5.74, 6) is -0.795. The second-order valence-corrected chi connectivity index (χ2v) is 5.56. The minimum absolute atomic E-state index is 0.0348. The second kappa shape index (κ2) is 6.98. The molecule has 0 radical (unpaired) electrons. The quantitative estimate of drug-likeness (QED) is 0.634. The number of carbonyl (C=O) groups is 1. The molecule has 1 heterocycles. The Balaban J connectivity index is 1.67. The Labute approximate surface area is 146 Å². The number of benzene rings is 2. The number of rotatable bonds is 4. The molecule has 0 aliphatic heterocycles. The highest BCUT2D eigenvalue weighted by Gasteiger charge is 2.15. The summed E-state index contributed by atoms with van der Waals surface area (Å²) < 4.78 is 23.0. The Morgan fingerprint density at radius 1 is 1.17 bits per heavy atom. The number of hydrogen-bond acceptors (Lipinski definition) is 5. The van der Waals surface area contributed by atoms with Gasteiger partial charge in [0.25, 0.3) is 5.89 Å². The fourth-order valence-corrected chi connectivity index (χ4v) is 2.26. The summed E-state index contributed by atoms with van der Waals surface area (Å²) in [5, 5.41) is 4.36. The maximum absolute atomic E-state index is 13.0. The summed E-state index contributed by atoms with van der Waals surface area (Å²) in [5.41, 5.74) is 0.762. The monoisotopic (exact) mass is 366 g/mol. The average molecular weight is 367 g/mol. The molecule has 0 saturated heterocycles. The van der Waals surface area contributed by atoms with Crippen LogP contribution >= 0.6 is 23.2 Å². The molecule has 2 aromatic carbocycles. The summed E-state index contributed by atoms with van der Waals surface area (Å²) >= 11 is 11.6. The second-order valence-electron chi connectivity index (χ2n) is 4.72. The summed E-state index contributed by atoms with van der Waals surface area (Å²) in [4.78, 5) is 16.1. The zero-order valence-corrected chi connectivity index (χ0v) is 13.5. The van der Waals surface area contributed by atoms with Gasteiger partial charge in [0.05, 0.1) is 10.6 Å². The van der Waals surface area contributed by atoms with Crippen LogP contribution in [0.1, 0.15) is 16.2 Å². The molecule has 1 aromatic heterocycles. The van der Waals surface area contributed by atoms with E-state index in [9.17, 15) is 9.18 Å². The maximum Gasteiger partial charge on any atom is 0.340 e. The minimum Gasteiger partial charge on any atom is -0.452 e. The SMILES string of the molecule is O=C(OCc1nc(-c2ccc(Cl)cc2)no1)c1ccc(F)cc1Cl. The van der Waals surface area contributed by atoms with Crippen molar-refractivity contribution in [3.05, 3.63) is 69.8 Å². The van der Waals surface area contributed by atoms with Crippen molar-refractivity contribution < 1.29 is 18.4 Å². The Morgan fingerprint density at radius 3 is 2.62 bits per heavy atom. The molecule has 0 aliphatic carbocycles. The van der Waals surface area contributed by atoms with Crippen molar-refractivity contribution >= 4 is 29.2 Å². The third-order valence-electron chi connectivity index (χ3n) is 3.05. The van der Waals surface area contributed by atoms with E-state index in [0.29, 0.717) is 16.4 Å². The molecule has 8 heteroatoms. The van der Waals surface area contributed by atoms with Crippen LogP contribution in [0.4, 0.5) is 4.39 Å².